The number of allylic oxidation sites excluding steroid dienone is 1. The second kappa shape index (κ2) is 7.19. The highest BCUT2D eigenvalue weighted by atomic mass is 35.5. The number of halogens is 3. The number of pyridine rings is 1. The summed E-state index contributed by atoms with van der Waals surface area (Å²) in [4.78, 5) is 20.6. The topological polar surface area (TPSA) is 92.4 Å². The van der Waals surface area contributed by atoms with Crippen molar-refractivity contribution in [3.8, 4) is 0 Å². The standard InChI is InChI=1S/C17H14ClF2N5O/c1-8-13(17(26)25-21)14(10-5-4-9(19)7-11(10)18)24-16(23-8)15-12(20)3-2-6-22-15/h2-7,14H,21H2,1H3,(H,23,24)(H,25,26). The highest BCUT2D eigenvalue weighted by Gasteiger charge is 2.31. The van der Waals surface area contributed by atoms with Crippen molar-refractivity contribution >= 4 is 23.3 Å². The molecule has 6 nitrogen and oxygen atoms in total. The Balaban J connectivity index is 2.17. The minimum Gasteiger partial charge on any atom is -0.342 e. The van der Waals surface area contributed by atoms with E-state index >= 15 is 0 Å². The van der Waals surface area contributed by atoms with E-state index in [2.05, 4.69) is 15.3 Å². The lowest BCUT2D eigenvalue weighted by Gasteiger charge is -2.26. The van der Waals surface area contributed by atoms with E-state index in [4.69, 9.17) is 17.4 Å². The number of aliphatic imine (C=N–C) groups is 1. The van der Waals surface area contributed by atoms with Crippen LogP contribution in [0.5, 0.6) is 0 Å². The molecule has 2 aromatic rings. The number of hydrogen-bond acceptors (Lipinski definition) is 5. The molecule has 3 rings (SSSR count). The second-order valence-corrected chi connectivity index (χ2v) is 5.92. The number of rotatable bonds is 3. The maximum atomic E-state index is 14.1. The first-order chi connectivity index (χ1) is 12.4. The highest BCUT2D eigenvalue weighted by molar-refractivity contribution is 6.31. The third-order valence-corrected chi connectivity index (χ3v) is 4.18. The lowest BCUT2D eigenvalue weighted by molar-refractivity contribution is -0.117. The number of nitrogens with one attached hydrogen (secondary N) is 2. The van der Waals surface area contributed by atoms with Gasteiger partial charge in [-0.25, -0.2) is 19.6 Å². The van der Waals surface area contributed by atoms with Crippen molar-refractivity contribution in [2.24, 2.45) is 10.8 Å². The van der Waals surface area contributed by atoms with Crippen molar-refractivity contribution in [2.45, 2.75) is 13.0 Å². The molecule has 4 N–H and O–H groups in total. The van der Waals surface area contributed by atoms with Crippen LogP contribution in [0.25, 0.3) is 0 Å². The van der Waals surface area contributed by atoms with E-state index < -0.39 is 23.6 Å². The monoisotopic (exact) mass is 377 g/mol. The highest BCUT2D eigenvalue weighted by Crippen LogP contribution is 2.35. The number of nitrogens with two attached hydrogens (primary N) is 1. The first-order valence-electron chi connectivity index (χ1n) is 7.54. The number of hydrogen-bond donors (Lipinski definition) is 3. The number of amides is 1. The van der Waals surface area contributed by atoms with Crippen LogP contribution in [0.1, 0.15) is 24.2 Å². The molecule has 0 saturated carbocycles. The van der Waals surface area contributed by atoms with Gasteiger partial charge in [-0.2, -0.15) is 0 Å². The molecule has 1 aliphatic heterocycles. The van der Waals surface area contributed by atoms with Crippen LogP contribution in [-0.2, 0) is 4.79 Å². The van der Waals surface area contributed by atoms with Crippen molar-refractivity contribution in [1.29, 1.82) is 0 Å². The summed E-state index contributed by atoms with van der Waals surface area (Å²) in [5, 5.41) is 2.94. The predicted octanol–water partition coefficient (Wildman–Crippen LogP) is 2.37. The van der Waals surface area contributed by atoms with Gasteiger partial charge in [0.1, 0.15) is 17.6 Å². The molecule has 1 aliphatic rings. The van der Waals surface area contributed by atoms with Crippen LogP contribution >= 0.6 is 11.6 Å². The van der Waals surface area contributed by atoms with Crippen molar-refractivity contribution < 1.29 is 13.6 Å². The van der Waals surface area contributed by atoms with Gasteiger partial charge in [0.2, 0.25) is 0 Å². The van der Waals surface area contributed by atoms with E-state index in [1.807, 2.05) is 5.43 Å². The molecule has 0 aliphatic carbocycles. The molecule has 1 aromatic heterocycles. The number of carbonyl (C=O) groups is 1. The van der Waals surface area contributed by atoms with Crippen molar-refractivity contribution in [3.63, 3.8) is 0 Å². The lowest BCUT2D eigenvalue weighted by atomic mass is 9.95. The molecule has 1 unspecified atom stereocenters. The van der Waals surface area contributed by atoms with Gasteiger partial charge in [0.05, 0.1) is 5.57 Å². The average molecular weight is 378 g/mol. The van der Waals surface area contributed by atoms with Crippen LogP contribution in [0.3, 0.4) is 0 Å². The Hall–Kier alpha value is -2.84. The molecule has 2 heterocycles. The summed E-state index contributed by atoms with van der Waals surface area (Å²) in [5.41, 5.74) is 2.99. The van der Waals surface area contributed by atoms with Gasteiger partial charge in [-0.05, 0) is 31.2 Å². The first-order valence-corrected chi connectivity index (χ1v) is 7.92. The van der Waals surface area contributed by atoms with Gasteiger partial charge in [0, 0.05) is 22.5 Å². The zero-order valence-corrected chi connectivity index (χ0v) is 14.3. The van der Waals surface area contributed by atoms with Gasteiger partial charge >= 0.3 is 0 Å². The Morgan fingerprint density at radius 2 is 2.12 bits per heavy atom. The van der Waals surface area contributed by atoms with E-state index in [0.29, 0.717) is 11.3 Å². The van der Waals surface area contributed by atoms with Crippen molar-refractivity contribution in [2.75, 3.05) is 0 Å². The third-order valence-electron chi connectivity index (χ3n) is 3.86. The fourth-order valence-corrected chi connectivity index (χ4v) is 2.95. The lowest BCUT2D eigenvalue weighted by Crippen LogP contribution is -2.39. The first kappa shape index (κ1) is 18.0. The van der Waals surface area contributed by atoms with Crippen molar-refractivity contribution in [1.82, 2.24) is 15.7 Å². The van der Waals surface area contributed by atoms with Gasteiger partial charge in [-0.1, -0.05) is 17.7 Å². The molecule has 134 valence electrons. The summed E-state index contributed by atoms with van der Waals surface area (Å²) in [6.07, 6.45) is 1.42. The Labute approximate surface area is 152 Å². The molecule has 1 atom stereocenters. The Bertz CT molecular complexity index is 945. The van der Waals surface area contributed by atoms with Crippen LogP contribution in [0, 0.1) is 11.6 Å². The van der Waals surface area contributed by atoms with Crippen molar-refractivity contribution in [3.05, 3.63) is 75.7 Å². The molecule has 0 bridgehead atoms. The number of carbonyl (C=O) groups excluding carboxylic acids is 1. The van der Waals surface area contributed by atoms with E-state index in [1.165, 1.54) is 30.5 Å². The summed E-state index contributed by atoms with van der Waals surface area (Å²) in [6.45, 7) is 1.62. The van der Waals surface area contributed by atoms with Crippen LogP contribution in [0.15, 0.2) is 52.8 Å². The van der Waals surface area contributed by atoms with Gasteiger partial charge in [-0.15, -0.1) is 0 Å². The molecule has 26 heavy (non-hydrogen) atoms. The second-order valence-electron chi connectivity index (χ2n) is 5.52. The maximum Gasteiger partial charge on any atom is 0.265 e. The van der Waals surface area contributed by atoms with Gasteiger partial charge in [-0.3, -0.25) is 15.2 Å². The van der Waals surface area contributed by atoms with Crippen LogP contribution < -0.4 is 16.6 Å². The smallest absolute Gasteiger partial charge is 0.265 e. The van der Waals surface area contributed by atoms with Crippen LogP contribution in [0.2, 0.25) is 5.02 Å². The molecule has 9 heteroatoms. The van der Waals surface area contributed by atoms with Crippen LogP contribution in [0.4, 0.5) is 8.78 Å². The zero-order valence-electron chi connectivity index (χ0n) is 13.6. The number of nitrogens with zero attached hydrogens (tertiary/aromatic N) is 2. The summed E-state index contributed by atoms with van der Waals surface area (Å²) in [6, 6.07) is 5.51. The number of aromatic nitrogens is 1. The number of benzene rings is 1. The SMILES string of the molecule is CC1=C(C(=O)NN)C(c2ccc(F)cc2Cl)N=C(c2ncccc2F)N1. The van der Waals surface area contributed by atoms with Gasteiger partial charge < -0.3 is 5.32 Å². The predicted molar refractivity (Wildman–Crippen MR) is 93.0 cm³/mol. The van der Waals surface area contributed by atoms with E-state index in [0.717, 1.165) is 6.07 Å². The molecule has 1 amide bonds. The summed E-state index contributed by atoms with van der Waals surface area (Å²) < 4.78 is 27.5. The quantitative estimate of drug-likeness (QED) is 0.435. The zero-order chi connectivity index (χ0) is 18.8. The van der Waals surface area contributed by atoms with E-state index in [-0.39, 0.29) is 22.1 Å². The summed E-state index contributed by atoms with van der Waals surface area (Å²) in [5.74, 6) is 3.68. The Kier molecular flexibility index (Phi) is 4.97. The van der Waals surface area contributed by atoms with E-state index in [9.17, 15) is 13.6 Å². The fourth-order valence-electron chi connectivity index (χ4n) is 2.68. The molecular formula is C17H14ClF2N5O. The molecular weight excluding hydrogens is 364 g/mol. The minimum absolute atomic E-state index is 0.0118. The third kappa shape index (κ3) is 3.29. The van der Waals surface area contributed by atoms with Gasteiger partial charge in [0.25, 0.3) is 5.91 Å². The number of hydrazine groups is 1. The fraction of sp³-hybridized carbons (Fsp3) is 0.118. The molecule has 1 aromatic carbocycles. The maximum absolute atomic E-state index is 14.1. The van der Waals surface area contributed by atoms with E-state index in [1.54, 1.807) is 6.92 Å². The minimum atomic E-state index is -0.913. The Morgan fingerprint density at radius 1 is 1.35 bits per heavy atom. The normalized spacial score (nSPS) is 16.8. The molecule has 0 fully saturated rings. The molecule has 0 spiro atoms. The average Bonchev–Trinajstić information content (AvgIpc) is 2.61. The molecule has 0 radical (unpaired) electrons. The molecule has 0 saturated heterocycles. The Morgan fingerprint density at radius 3 is 2.77 bits per heavy atom. The largest absolute Gasteiger partial charge is 0.342 e. The summed E-state index contributed by atoms with van der Waals surface area (Å²) in [7, 11) is 0. The van der Waals surface area contributed by atoms with Gasteiger partial charge in [0.15, 0.2) is 11.7 Å². The summed E-state index contributed by atoms with van der Waals surface area (Å²) >= 11 is 6.14. The van der Waals surface area contributed by atoms with Crippen LogP contribution in [-0.4, -0.2) is 16.7 Å². The number of amidine groups is 1.